The minimum absolute atomic E-state index is 0.468. The molecule has 2 aromatic heterocycles. The Labute approximate surface area is 173 Å². The summed E-state index contributed by atoms with van der Waals surface area (Å²) in [6.45, 7) is 10.4. The van der Waals surface area contributed by atoms with Crippen molar-refractivity contribution < 1.29 is 0 Å². The summed E-state index contributed by atoms with van der Waals surface area (Å²) in [6, 6.07) is 3.18. The molecule has 2 saturated heterocycles. The van der Waals surface area contributed by atoms with Gasteiger partial charge in [-0.3, -0.25) is 0 Å². The van der Waals surface area contributed by atoms with Crippen molar-refractivity contribution in [2.24, 2.45) is 0 Å². The zero-order chi connectivity index (χ0) is 19.8. The van der Waals surface area contributed by atoms with Crippen molar-refractivity contribution in [3.63, 3.8) is 0 Å². The second-order valence-electron chi connectivity index (χ2n) is 9.09. The fourth-order valence-electron chi connectivity index (χ4n) is 5.06. The first-order valence-corrected chi connectivity index (χ1v) is 11.4. The number of fused-ring (bicyclic) bond motifs is 1. The van der Waals surface area contributed by atoms with E-state index < -0.39 is 0 Å². The molecule has 3 fully saturated rings. The van der Waals surface area contributed by atoms with E-state index in [4.69, 9.17) is 15.1 Å². The topological polar surface area (TPSA) is 73.6 Å². The van der Waals surface area contributed by atoms with E-state index in [0.717, 1.165) is 62.5 Å². The molecule has 0 bridgehead atoms. The Morgan fingerprint density at radius 2 is 1.59 bits per heavy atom. The molecule has 2 N–H and O–H groups in total. The number of hydrogen-bond donors (Lipinski definition) is 2. The minimum atomic E-state index is 0.468. The first-order chi connectivity index (χ1) is 14.2. The largest absolute Gasteiger partial charge is 0.354 e. The average molecular weight is 399 g/mol. The Kier molecular flexibility index (Phi) is 5.30. The smallest absolute Gasteiger partial charge is 0.256 e. The van der Waals surface area contributed by atoms with E-state index in [9.17, 15) is 0 Å². The van der Waals surface area contributed by atoms with Crippen LogP contribution in [0.4, 0.5) is 11.6 Å². The van der Waals surface area contributed by atoms with E-state index in [2.05, 4.69) is 40.3 Å². The van der Waals surface area contributed by atoms with Crippen LogP contribution in [-0.2, 0) is 0 Å². The molecule has 0 amide bonds. The molecule has 2 aliphatic heterocycles. The van der Waals surface area contributed by atoms with Crippen molar-refractivity contribution in [3.05, 3.63) is 11.9 Å². The summed E-state index contributed by atoms with van der Waals surface area (Å²) in [4.78, 5) is 14.8. The Morgan fingerprint density at radius 3 is 2.31 bits per heavy atom. The molecule has 2 aromatic rings. The zero-order valence-corrected chi connectivity index (χ0v) is 17.8. The number of anilines is 2. The summed E-state index contributed by atoms with van der Waals surface area (Å²) in [5.41, 5.74) is 0. The van der Waals surface area contributed by atoms with Crippen molar-refractivity contribution in [2.45, 2.75) is 64.0 Å². The Balaban J connectivity index is 1.55. The van der Waals surface area contributed by atoms with Gasteiger partial charge in [-0.25, -0.2) is 0 Å². The predicted octanol–water partition coefficient (Wildman–Crippen LogP) is 1.77. The number of nitrogens with one attached hydrogen (secondary N) is 2. The van der Waals surface area contributed by atoms with Crippen LogP contribution in [0.3, 0.4) is 0 Å². The van der Waals surface area contributed by atoms with Gasteiger partial charge >= 0.3 is 0 Å². The van der Waals surface area contributed by atoms with Gasteiger partial charge in [0.25, 0.3) is 5.78 Å². The van der Waals surface area contributed by atoms with Crippen LogP contribution >= 0.6 is 0 Å². The van der Waals surface area contributed by atoms with Crippen LogP contribution in [-0.4, -0.2) is 70.9 Å². The lowest BCUT2D eigenvalue weighted by Crippen LogP contribution is -2.50. The van der Waals surface area contributed by atoms with E-state index in [1.165, 1.54) is 32.1 Å². The van der Waals surface area contributed by atoms with Crippen LogP contribution in [0.15, 0.2) is 6.07 Å². The van der Waals surface area contributed by atoms with Gasteiger partial charge in [-0.15, -0.1) is 5.10 Å². The predicted molar refractivity (Wildman–Crippen MR) is 116 cm³/mol. The molecule has 5 rings (SSSR count). The number of aromatic nitrogens is 4. The third-order valence-corrected chi connectivity index (χ3v) is 6.65. The SMILES string of the molecule is CC1CN(c2cc(N3CCNC(C)C3)n3nc(C4CCCCC4)nc3n2)CCN1. The molecule has 4 heterocycles. The highest BCUT2D eigenvalue weighted by Crippen LogP contribution is 2.32. The van der Waals surface area contributed by atoms with Gasteiger partial charge in [-0.05, 0) is 26.7 Å². The first-order valence-electron chi connectivity index (χ1n) is 11.4. The third kappa shape index (κ3) is 3.92. The van der Waals surface area contributed by atoms with Crippen LogP contribution in [0.5, 0.6) is 0 Å². The monoisotopic (exact) mass is 398 g/mol. The molecule has 2 unspecified atom stereocenters. The molecule has 1 aliphatic carbocycles. The molecule has 8 heteroatoms. The molecule has 2 atom stereocenters. The van der Waals surface area contributed by atoms with Crippen molar-refractivity contribution in [1.29, 1.82) is 0 Å². The van der Waals surface area contributed by atoms with E-state index in [-0.39, 0.29) is 0 Å². The van der Waals surface area contributed by atoms with Gasteiger partial charge in [0.05, 0.1) is 0 Å². The van der Waals surface area contributed by atoms with Crippen LogP contribution < -0.4 is 20.4 Å². The van der Waals surface area contributed by atoms with E-state index >= 15 is 0 Å². The number of hydrogen-bond acceptors (Lipinski definition) is 7. The zero-order valence-electron chi connectivity index (χ0n) is 17.8. The fourth-order valence-corrected chi connectivity index (χ4v) is 5.06. The van der Waals surface area contributed by atoms with Crippen LogP contribution in [0, 0.1) is 0 Å². The molecule has 29 heavy (non-hydrogen) atoms. The maximum atomic E-state index is 4.99. The summed E-state index contributed by atoms with van der Waals surface area (Å²) in [7, 11) is 0. The molecular formula is C21H34N8. The molecule has 0 radical (unpaired) electrons. The van der Waals surface area contributed by atoms with Gasteiger partial charge in [0.15, 0.2) is 5.82 Å². The molecule has 3 aliphatic rings. The fraction of sp³-hybridized carbons (Fsp3) is 0.762. The Hall–Kier alpha value is -1.93. The van der Waals surface area contributed by atoms with Crippen molar-refractivity contribution in [3.8, 4) is 0 Å². The first kappa shape index (κ1) is 19.1. The lowest BCUT2D eigenvalue weighted by molar-refractivity contribution is 0.428. The lowest BCUT2D eigenvalue weighted by Gasteiger charge is -2.35. The molecule has 0 spiro atoms. The Bertz CT molecular complexity index is 843. The van der Waals surface area contributed by atoms with Crippen LogP contribution in [0.25, 0.3) is 5.78 Å². The summed E-state index contributed by atoms with van der Waals surface area (Å²) in [6.07, 6.45) is 6.34. The second kappa shape index (κ2) is 8.07. The molecule has 8 nitrogen and oxygen atoms in total. The second-order valence-corrected chi connectivity index (χ2v) is 9.09. The lowest BCUT2D eigenvalue weighted by atomic mass is 9.89. The highest BCUT2D eigenvalue weighted by molar-refractivity contribution is 5.57. The summed E-state index contributed by atoms with van der Waals surface area (Å²) >= 11 is 0. The van der Waals surface area contributed by atoms with E-state index in [0.29, 0.717) is 18.0 Å². The van der Waals surface area contributed by atoms with E-state index in [1.807, 2.05) is 4.52 Å². The standard InChI is InChI=1S/C21H34N8/c1-15-13-27(10-8-22-15)18-12-19(28-11-9-23-16(2)14-28)29-21(24-18)25-20(26-29)17-6-4-3-5-7-17/h12,15-17,22-23H,3-11,13-14H2,1-2H3. The van der Waals surface area contributed by atoms with Crippen molar-refractivity contribution in [1.82, 2.24) is 30.2 Å². The number of rotatable bonds is 3. The van der Waals surface area contributed by atoms with Gasteiger partial charge in [-0.1, -0.05) is 19.3 Å². The summed E-state index contributed by atoms with van der Waals surface area (Å²) < 4.78 is 2.01. The normalized spacial score (nSPS) is 27.0. The number of nitrogens with zero attached hydrogens (tertiary/aromatic N) is 6. The molecule has 158 valence electrons. The minimum Gasteiger partial charge on any atom is -0.354 e. The van der Waals surface area contributed by atoms with Gasteiger partial charge in [-0.2, -0.15) is 14.5 Å². The van der Waals surface area contributed by atoms with E-state index in [1.54, 1.807) is 0 Å². The summed E-state index contributed by atoms with van der Waals surface area (Å²) in [5, 5.41) is 12.1. The molecule has 1 saturated carbocycles. The van der Waals surface area contributed by atoms with Gasteiger partial charge < -0.3 is 20.4 Å². The maximum absolute atomic E-state index is 4.99. The van der Waals surface area contributed by atoms with Gasteiger partial charge in [0.1, 0.15) is 11.6 Å². The van der Waals surface area contributed by atoms with Crippen molar-refractivity contribution in [2.75, 3.05) is 49.1 Å². The van der Waals surface area contributed by atoms with Gasteiger partial charge in [0, 0.05) is 63.3 Å². The quantitative estimate of drug-likeness (QED) is 0.816. The van der Waals surface area contributed by atoms with Crippen LogP contribution in [0.1, 0.15) is 57.7 Å². The third-order valence-electron chi connectivity index (χ3n) is 6.65. The molecule has 0 aromatic carbocycles. The Morgan fingerprint density at radius 1 is 0.897 bits per heavy atom. The van der Waals surface area contributed by atoms with Gasteiger partial charge in [0.2, 0.25) is 0 Å². The highest BCUT2D eigenvalue weighted by Gasteiger charge is 2.26. The molecular weight excluding hydrogens is 364 g/mol. The summed E-state index contributed by atoms with van der Waals surface area (Å²) in [5.74, 6) is 4.42. The highest BCUT2D eigenvalue weighted by atomic mass is 15.4. The van der Waals surface area contributed by atoms with Crippen LogP contribution in [0.2, 0.25) is 0 Å². The van der Waals surface area contributed by atoms with Crippen molar-refractivity contribution >= 4 is 17.4 Å². The average Bonchev–Trinajstić information content (AvgIpc) is 3.18. The maximum Gasteiger partial charge on any atom is 0.256 e. The number of piperazine rings is 2.